The number of halogens is 1. The summed E-state index contributed by atoms with van der Waals surface area (Å²) in [7, 11) is -3.51. The maximum atomic E-state index is 13.2. The predicted octanol–water partition coefficient (Wildman–Crippen LogP) is 4.14. The molecule has 0 spiro atoms. The maximum Gasteiger partial charge on any atom is 0.242 e. The van der Waals surface area contributed by atoms with Gasteiger partial charge < -0.3 is 10.2 Å². The maximum absolute atomic E-state index is 13.2. The molecular formula is C25H34ClN3O4S. The fourth-order valence-corrected chi connectivity index (χ4v) is 4.70. The Morgan fingerprint density at radius 3 is 2.38 bits per heavy atom. The Morgan fingerprint density at radius 1 is 1.12 bits per heavy atom. The number of hydrogen-bond acceptors (Lipinski definition) is 4. The van der Waals surface area contributed by atoms with Gasteiger partial charge in [-0.15, -0.1) is 0 Å². The van der Waals surface area contributed by atoms with Gasteiger partial charge in [0, 0.05) is 31.1 Å². The second-order valence-electron chi connectivity index (χ2n) is 8.39. The van der Waals surface area contributed by atoms with Crippen LogP contribution in [0.4, 0.5) is 5.69 Å². The number of rotatable bonds is 12. The van der Waals surface area contributed by atoms with Crippen LogP contribution in [0, 0.1) is 6.92 Å². The zero-order chi connectivity index (χ0) is 25.3. The molecule has 0 saturated carbocycles. The Bertz CT molecular complexity index is 1070. The first-order valence-electron chi connectivity index (χ1n) is 11.4. The molecule has 0 fully saturated rings. The van der Waals surface area contributed by atoms with Crippen molar-refractivity contribution in [1.82, 2.24) is 10.2 Å². The molecule has 0 aliphatic rings. The first-order chi connectivity index (χ1) is 16.0. The fraction of sp³-hybridized carbons (Fsp3) is 0.440. The number of amides is 2. The van der Waals surface area contributed by atoms with E-state index < -0.39 is 16.1 Å². The Balaban J connectivity index is 2.14. The molecule has 0 aromatic heterocycles. The predicted molar refractivity (Wildman–Crippen MR) is 137 cm³/mol. The zero-order valence-electron chi connectivity index (χ0n) is 20.3. The number of nitrogens with zero attached hydrogens (tertiary/aromatic N) is 2. The van der Waals surface area contributed by atoms with Crippen molar-refractivity contribution in [2.24, 2.45) is 0 Å². The molecule has 0 radical (unpaired) electrons. The molecular weight excluding hydrogens is 474 g/mol. The van der Waals surface area contributed by atoms with E-state index in [4.69, 9.17) is 11.6 Å². The summed E-state index contributed by atoms with van der Waals surface area (Å²) in [4.78, 5) is 27.3. The van der Waals surface area contributed by atoms with E-state index in [-0.39, 0.29) is 31.3 Å². The molecule has 0 unspecified atom stereocenters. The van der Waals surface area contributed by atoms with Crippen LogP contribution in [0.25, 0.3) is 0 Å². The molecule has 9 heteroatoms. The van der Waals surface area contributed by atoms with Crippen molar-refractivity contribution in [3.05, 3.63) is 64.7 Å². The standard InChI is InChI=1S/C25H34ClN3O4S/c1-5-15-27-25(31)20(3)28(18-21-8-6-9-22(26)17-21)24(30)10-7-16-29(34(4,32)33)23-13-11-19(2)12-14-23/h6,8-9,11-14,17,20H,5,7,10,15-16,18H2,1-4H3,(H,27,31)/t20-/m1/s1. The van der Waals surface area contributed by atoms with Gasteiger partial charge in [-0.05, 0) is 56.5 Å². The van der Waals surface area contributed by atoms with E-state index in [0.29, 0.717) is 23.7 Å². The zero-order valence-corrected chi connectivity index (χ0v) is 21.8. The number of sulfonamides is 1. The Kier molecular flexibility index (Phi) is 10.4. The van der Waals surface area contributed by atoms with Crippen LogP contribution in [0.5, 0.6) is 0 Å². The minimum Gasteiger partial charge on any atom is -0.354 e. The van der Waals surface area contributed by atoms with E-state index in [0.717, 1.165) is 23.8 Å². The number of anilines is 1. The number of aryl methyl sites for hydroxylation is 1. The van der Waals surface area contributed by atoms with Gasteiger partial charge in [0.25, 0.3) is 0 Å². The van der Waals surface area contributed by atoms with E-state index in [2.05, 4.69) is 5.32 Å². The molecule has 1 atom stereocenters. The number of carbonyl (C=O) groups is 2. The van der Waals surface area contributed by atoms with Gasteiger partial charge in [-0.25, -0.2) is 8.42 Å². The Labute approximate surface area is 208 Å². The second kappa shape index (κ2) is 12.8. The smallest absolute Gasteiger partial charge is 0.242 e. The summed E-state index contributed by atoms with van der Waals surface area (Å²) >= 11 is 6.10. The molecule has 2 rings (SSSR count). The van der Waals surface area contributed by atoms with Crippen LogP contribution in [0.1, 0.15) is 44.2 Å². The quantitative estimate of drug-likeness (QED) is 0.467. The Morgan fingerprint density at radius 2 is 1.79 bits per heavy atom. The van der Waals surface area contributed by atoms with Crippen molar-refractivity contribution in [2.45, 2.75) is 52.6 Å². The van der Waals surface area contributed by atoms with Crippen LogP contribution >= 0.6 is 11.6 Å². The molecule has 0 heterocycles. The van der Waals surface area contributed by atoms with Crippen LogP contribution in [0.2, 0.25) is 5.02 Å². The average Bonchev–Trinajstić information content (AvgIpc) is 2.78. The van der Waals surface area contributed by atoms with Gasteiger partial charge in [0.05, 0.1) is 11.9 Å². The minimum atomic E-state index is -3.51. The lowest BCUT2D eigenvalue weighted by molar-refractivity contribution is -0.140. The minimum absolute atomic E-state index is 0.101. The molecule has 0 saturated heterocycles. The number of benzene rings is 2. The van der Waals surface area contributed by atoms with Crippen molar-refractivity contribution in [3.8, 4) is 0 Å². The van der Waals surface area contributed by atoms with Gasteiger partial charge in [-0.1, -0.05) is 48.4 Å². The number of hydrogen-bond donors (Lipinski definition) is 1. The first kappa shape index (κ1) is 27.7. The third-order valence-electron chi connectivity index (χ3n) is 5.43. The van der Waals surface area contributed by atoms with Crippen LogP contribution < -0.4 is 9.62 Å². The molecule has 1 N–H and O–H groups in total. The molecule has 2 aromatic carbocycles. The summed E-state index contributed by atoms with van der Waals surface area (Å²) in [5.74, 6) is -0.453. The summed E-state index contributed by atoms with van der Waals surface area (Å²) in [6, 6.07) is 13.7. The summed E-state index contributed by atoms with van der Waals surface area (Å²) in [5, 5.41) is 3.39. The summed E-state index contributed by atoms with van der Waals surface area (Å²) in [5.41, 5.74) is 2.40. The first-order valence-corrected chi connectivity index (χ1v) is 13.6. The van der Waals surface area contributed by atoms with Gasteiger partial charge >= 0.3 is 0 Å². The average molecular weight is 508 g/mol. The number of nitrogens with one attached hydrogen (secondary N) is 1. The highest BCUT2D eigenvalue weighted by molar-refractivity contribution is 7.92. The van der Waals surface area contributed by atoms with Crippen molar-refractivity contribution in [3.63, 3.8) is 0 Å². The van der Waals surface area contributed by atoms with Crippen LogP contribution in [0.3, 0.4) is 0 Å². The van der Waals surface area contributed by atoms with Crippen LogP contribution in [-0.4, -0.2) is 50.5 Å². The van der Waals surface area contributed by atoms with Gasteiger partial charge in [-0.2, -0.15) is 0 Å². The SMILES string of the molecule is CCCNC(=O)[C@@H](C)N(Cc1cccc(Cl)c1)C(=O)CCCN(c1ccc(C)cc1)S(C)(=O)=O. The second-order valence-corrected chi connectivity index (χ2v) is 10.7. The van der Waals surface area contributed by atoms with E-state index in [1.165, 1.54) is 9.21 Å². The highest BCUT2D eigenvalue weighted by atomic mass is 35.5. The molecule has 2 amide bonds. The molecule has 2 aromatic rings. The molecule has 7 nitrogen and oxygen atoms in total. The normalized spacial score (nSPS) is 12.1. The van der Waals surface area contributed by atoms with Gasteiger partial charge in [0.1, 0.15) is 6.04 Å². The summed E-state index contributed by atoms with van der Waals surface area (Å²) in [6.45, 7) is 6.51. The van der Waals surface area contributed by atoms with E-state index in [9.17, 15) is 18.0 Å². The van der Waals surface area contributed by atoms with Gasteiger partial charge in [0.2, 0.25) is 21.8 Å². The fourth-order valence-electron chi connectivity index (χ4n) is 3.53. The lowest BCUT2D eigenvalue weighted by Gasteiger charge is -2.29. The highest BCUT2D eigenvalue weighted by Gasteiger charge is 2.26. The largest absolute Gasteiger partial charge is 0.354 e. The lowest BCUT2D eigenvalue weighted by Crippen LogP contribution is -2.47. The van der Waals surface area contributed by atoms with Crippen LogP contribution in [0.15, 0.2) is 48.5 Å². The number of carbonyl (C=O) groups excluding carboxylic acids is 2. The van der Waals surface area contributed by atoms with Crippen LogP contribution in [-0.2, 0) is 26.2 Å². The molecule has 34 heavy (non-hydrogen) atoms. The van der Waals surface area contributed by atoms with Crippen molar-refractivity contribution < 1.29 is 18.0 Å². The van der Waals surface area contributed by atoms with Crippen molar-refractivity contribution >= 4 is 39.1 Å². The topological polar surface area (TPSA) is 86.8 Å². The molecule has 0 bridgehead atoms. The highest BCUT2D eigenvalue weighted by Crippen LogP contribution is 2.20. The van der Waals surface area contributed by atoms with Crippen molar-refractivity contribution in [2.75, 3.05) is 23.7 Å². The van der Waals surface area contributed by atoms with Gasteiger partial charge in [-0.3, -0.25) is 13.9 Å². The third-order valence-corrected chi connectivity index (χ3v) is 6.86. The Hall–Kier alpha value is -2.58. The van der Waals surface area contributed by atoms with Gasteiger partial charge in [0.15, 0.2) is 0 Å². The van der Waals surface area contributed by atoms with Crippen molar-refractivity contribution in [1.29, 1.82) is 0 Å². The van der Waals surface area contributed by atoms with E-state index in [1.54, 1.807) is 37.3 Å². The summed E-state index contributed by atoms with van der Waals surface area (Å²) in [6.07, 6.45) is 2.36. The van der Waals surface area contributed by atoms with E-state index in [1.807, 2.05) is 32.0 Å². The summed E-state index contributed by atoms with van der Waals surface area (Å²) < 4.78 is 26.0. The molecule has 0 aliphatic heterocycles. The van der Waals surface area contributed by atoms with E-state index >= 15 is 0 Å². The lowest BCUT2D eigenvalue weighted by atomic mass is 10.1. The monoisotopic (exact) mass is 507 g/mol. The third kappa shape index (κ3) is 8.33. The molecule has 186 valence electrons. The molecule has 0 aliphatic carbocycles.